The highest BCUT2D eigenvalue weighted by molar-refractivity contribution is 8.04. The first kappa shape index (κ1) is 18.5. The molecule has 1 saturated heterocycles. The number of nitrogens with zero attached hydrogens (tertiary/aromatic N) is 1. The van der Waals surface area contributed by atoms with E-state index in [9.17, 15) is 14.7 Å². The van der Waals surface area contributed by atoms with Crippen LogP contribution in [0.3, 0.4) is 0 Å². The maximum atomic E-state index is 12.4. The maximum absolute atomic E-state index is 12.4. The molecule has 0 aromatic heterocycles. The molecular formula is C19H22NO4S. The SMILES string of the molecule is C=CCOC(=O)C1=C(CCC[C]2[CH][CH][CH][CH]2)S[C@@H]2[C@@H]([C@@H](C)O)C(=O)N12. The lowest BCUT2D eigenvalue weighted by Gasteiger charge is -2.43. The lowest BCUT2D eigenvalue weighted by Crippen LogP contribution is -2.60. The van der Waals surface area contributed by atoms with Gasteiger partial charge in [-0.1, -0.05) is 12.7 Å². The van der Waals surface area contributed by atoms with Gasteiger partial charge in [0.15, 0.2) is 0 Å². The Bertz CT molecular complexity index is 580. The molecule has 3 aliphatic rings. The first-order valence-corrected chi connectivity index (χ1v) is 9.32. The van der Waals surface area contributed by atoms with Gasteiger partial charge in [-0.05, 0) is 57.8 Å². The summed E-state index contributed by atoms with van der Waals surface area (Å²) >= 11 is 1.51. The van der Waals surface area contributed by atoms with Gasteiger partial charge in [0, 0.05) is 4.91 Å². The molecule has 2 fully saturated rings. The van der Waals surface area contributed by atoms with Crippen LogP contribution in [0.2, 0.25) is 0 Å². The van der Waals surface area contributed by atoms with Gasteiger partial charge >= 0.3 is 5.97 Å². The van der Waals surface area contributed by atoms with Gasteiger partial charge in [0.25, 0.3) is 0 Å². The standard InChI is InChI=1S/C19H22NO4S/c1-3-11-24-19(23)16-14(10-6-9-13-7-4-5-8-13)25-18-15(12(2)21)17(22)20(16)18/h3-5,7-8,12,15,18,21H,1,6,9-11H2,2H3/t12-,15+,18-/m1/s1. The number of thioether (sulfide) groups is 1. The number of aliphatic hydroxyl groups excluding tert-OH is 1. The van der Waals surface area contributed by atoms with Crippen LogP contribution in [0.15, 0.2) is 23.3 Å². The lowest BCUT2D eigenvalue weighted by atomic mass is 9.92. The number of aliphatic hydroxyl groups is 1. The number of hydrogen-bond acceptors (Lipinski definition) is 5. The summed E-state index contributed by atoms with van der Waals surface area (Å²) in [7, 11) is 0. The largest absolute Gasteiger partial charge is 0.457 e. The molecule has 25 heavy (non-hydrogen) atoms. The molecule has 133 valence electrons. The number of carbonyl (C=O) groups is 2. The molecule has 2 heterocycles. The second-order valence-electron chi connectivity index (χ2n) is 6.29. The van der Waals surface area contributed by atoms with E-state index in [1.165, 1.54) is 28.7 Å². The van der Waals surface area contributed by atoms with Crippen LogP contribution in [-0.4, -0.2) is 40.0 Å². The Morgan fingerprint density at radius 2 is 2.16 bits per heavy atom. The van der Waals surface area contributed by atoms with Gasteiger partial charge in [-0.3, -0.25) is 9.69 Å². The van der Waals surface area contributed by atoms with Crippen molar-refractivity contribution in [2.75, 3.05) is 6.61 Å². The zero-order chi connectivity index (χ0) is 18.0. The van der Waals surface area contributed by atoms with Gasteiger partial charge in [-0.2, -0.15) is 0 Å². The predicted octanol–water partition coefficient (Wildman–Crippen LogP) is 2.41. The van der Waals surface area contributed by atoms with Gasteiger partial charge in [-0.15, -0.1) is 11.8 Å². The Labute approximate surface area is 153 Å². The smallest absolute Gasteiger partial charge is 0.356 e. The third-order valence-corrected chi connectivity index (χ3v) is 5.93. The average Bonchev–Trinajstić information content (AvgIpc) is 3.18. The predicted molar refractivity (Wildman–Crippen MR) is 95.9 cm³/mol. The van der Waals surface area contributed by atoms with Gasteiger partial charge < -0.3 is 9.84 Å². The van der Waals surface area contributed by atoms with Crippen molar-refractivity contribution in [2.24, 2.45) is 5.92 Å². The van der Waals surface area contributed by atoms with Crippen LogP contribution in [-0.2, 0) is 14.3 Å². The Morgan fingerprint density at radius 1 is 1.44 bits per heavy atom. The zero-order valence-electron chi connectivity index (χ0n) is 14.2. The first-order chi connectivity index (χ1) is 12.0. The Balaban J connectivity index is 1.69. The third-order valence-electron chi connectivity index (χ3n) is 4.50. The van der Waals surface area contributed by atoms with E-state index < -0.39 is 18.0 Å². The van der Waals surface area contributed by atoms with Crippen molar-refractivity contribution < 1.29 is 19.4 Å². The van der Waals surface area contributed by atoms with Gasteiger partial charge in [0.2, 0.25) is 5.91 Å². The Hall–Kier alpha value is -1.27. The summed E-state index contributed by atoms with van der Waals surface area (Å²) in [6, 6.07) is 0. The van der Waals surface area contributed by atoms with Crippen LogP contribution in [0.25, 0.3) is 0 Å². The number of fused-ring (bicyclic) bond motifs is 1. The molecule has 1 N–H and O–H groups in total. The van der Waals surface area contributed by atoms with Gasteiger partial charge in [0.05, 0.1) is 12.0 Å². The van der Waals surface area contributed by atoms with E-state index in [0.717, 1.165) is 17.7 Å². The Kier molecular flexibility index (Phi) is 5.89. The fourth-order valence-electron chi connectivity index (χ4n) is 3.26. The van der Waals surface area contributed by atoms with E-state index in [2.05, 4.69) is 19.4 Å². The number of allylic oxidation sites excluding steroid dienone is 1. The van der Waals surface area contributed by atoms with E-state index >= 15 is 0 Å². The van der Waals surface area contributed by atoms with Crippen molar-refractivity contribution in [3.63, 3.8) is 0 Å². The Morgan fingerprint density at radius 3 is 2.80 bits per heavy atom. The summed E-state index contributed by atoms with van der Waals surface area (Å²) in [6.45, 7) is 5.27. The van der Waals surface area contributed by atoms with E-state index in [-0.39, 0.29) is 17.9 Å². The second kappa shape index (κ2) is 7.96. The number of carbonyl (C=O) groups excluding carboxylic acids is 2. The quantitative estimate of drug-likeness (QED) is 0.409. The highest BCUT2D eigenvalue weighted by Crippen LogP contribution is 2.52. The molecular weight excluding hydrogens is 338 g/mol. The lowest BCUT2D eigenvalue weighted by molar-refractivity contribution is -0.157. The monoisotopic (exact) mass is 360 g/mol. The van der Waals surface area contributed by atoms with Crippen molar-refractivity contribution >= 4 is 23.6 Å². The minimum absolute atomic E-state index is 0.111. The summed E-state index contributed by atoms with van der Waals surface area (Å²) in [5.41, 5.74) is 0.348. The normalized spacial score (nSPS) is 27.3. The van der Waals surface area contributed by atoms with Crippen LogP contribution >= 0.6 is 11.8 Å². The molecule has 0 aromatic carbocycles. The molecule has 5 nitrogen and oxygen atoms in total. The van der Waals surface area contributed by atoms with Crippen LogP contribution in [0.1, 0.15) is 26.2 Å². The van der Waals surface area contributed by atoms with Crippen LogP contribution in [0.4, 0.5) is 0 Å². The summed E-state index contributed by atoms with van der Waals surface area (Å²) in [5.74, 6) is 0.111. The summed E-state index contributed by atoms with van der Waals surface area (Å²) in [5, 5.41) is 9.63. The molecule has 0 aromatic rings. The average molecular weight is 360 g/mol. The van der Waals surface area contributed by atoms with Gasteiger partial charge in [-0.25, -0.2) is 4.79 Å². The van der Waals surface area contributed by atoms with Crippen molar-refractivity contribution in [1.82, 2.24) is 4.90 Å². The number of amides is 1. The molecule has 3 atom stereocenters. The van der Waals surface area contributed by atoms with Crippen LogP contribution < -0.4 is 0 Å². The number of rotatable bonds is 8. The number of hydrogen-bond donors (Lipinski definition) is 1. The molecule has 0 spiro atoms. The molecule has 1 saturated carbocycles. The van der Waals surface area contributed by atoms with E-state index in [1.54, 1.807) is 6.92 Å². The first-order valence-electron chi connectivity index (χ1n) is 8.44. The van der Waals surface area contributed by atoms with E-state index in [0.29, 0.717) is 12.1 Å². The molecule has 1 amide bonds. The van der Waals surface area contributed by atoms with Crippen LogP contribution in [0.5, 0.6) is 0 Å². The molecule has 0 bridgehead atoms. The van der Waals surface area contributed by atoms with Crippen molar-refractivity contribution in [2.45, 2.75) is 37.7 Å². The summed E-state index contributed by atoms with van der Waals surface area (Å²) in [4.78, 5) is 27.2. The fraction of sp³-hybridized carbons (Fsp3) is 0.421. The number of ether oxygens (including phenoxy) is 1. The third kappa shape index (κ3) is 3.65. The molecule has 5 radical (unpaired) electrons. The topological polar surface area (TPSA) is 66.8 Å². The van der Waals surface area contributed by atoms with Crippen molar-refractivity contribution in [3.8, 4) is 0 Å². The second-order valence-corrected chi connectivity index (χ2v) is 7.50. The maximum Gasteiger partial charge on any atom is 0.356 e. The number of β-lactam (4-membered cyclic amide) rings is 1. The minimum atomic E-state index is -0.727. The fourth-order valence-corrected chi connectivity index (χ4v) is 4.91. The molecule has 2 aliphatic heterocycles. The molecule has 0 unspecified atom stereocenters. The molecule has 6 heteroatoms. The van der Waals surface area contributed by atoms with Crippen LogP contribution in [0, 0.1) is 37.5 Å². The number of esters is 1. The highest BCUT2D eigenvalue weighted by atomic mass is 32.2. The molecule has 1 aliphatic carbocycles. The minimum Gasteiger partial charge on any atom is -0.457 e. The van der Waals surface area contributed by atoms with E-state index in [4.69, 9.17) is 4.74 Å². The van der Waals surface area contributed by atoms with E-state index in [1.807, 2.05) is 12.8 Å². The van der Waals surface area contributed by atoms with Crippen molar-refractivity contribution in [3.05, 3.63) is 54.9 Å². The highest BCUT2D eigenvalue weighted by Gasteiger charge is 2.57. The van der Waals surface area contributed by atoms with Gasteiger partial charge in [0.1, 0.15) is 17.7 Å². The molecule has 3 rings (SSSR count). The van der Waals surface area contributed by atoms with Crippen molar-refractivity contribution in [1.29, 1.82) is 0 Å². The summed E-state index contributed by atoms with van der Waals surface area (Å²) < 4.78 is 5.17. The zero-order valence-corrected chi connectivity index (χ0v) is 15.0. The summed E-state index contributed by atoms with van der Waals surface area (Å²) in [6.07, 6.45) is 11.5.